The normalized spacial score (nSPS) is 15.1. The Hall–Kier alpha value is 1.90. The second-order valence-electron chi connectivity index (χ2n) is 7.31. The van der Waals surface area contributed by atoms with Gasteiger partial charge >= 0.3 is 0 Å². The van der Waals surface area contributed by atoms with Crippen LogP contribution in [0.15, 0.2) is 0 Å². The molecule has 3 nitrogen and oxygen atoms in total. The summed E-state index contributed by atoms with van der Waals surface area (Å²) in [5.74, 6) is 0. The summed E-state index contributed by atoms with van der Waals surface area (Å²) < 4.78 is 8.29. The Morgan fingerprint density at radius 3 is 1.08 bits per heavy atom. The van der Waals surface area contributed by atoms with Gasteiger partial charge in [0, 0.05) is 24.2 Å². The molecule has 0 saturated carbocycles. The minimum atomic E-state index is -0.975. The molecule has 0 aromatic carbocycles. The van der Waals surface area contributed by atoms with Gasteiger partial charge in [-0.05, 0) is 72.9 Å². The molecule has 0 rings (SSSR count). The monoisotopic (exact) mass is 472 g/mol. The Balaban J connectivity index is 4.60. The second-order valence-corrected chi connectivity index (χ2v) is 14.7. The number of alkyl halides is 4. The topological polar surface area (TPSA) is 15.7 Å². The van der Waals surface area contributed by atoms with Crippen LogP contribution in [-0.4, -0.2) is 54.9 Å². The molecule has 0 spiro atoms. The summed E-state index contributed by atoms with van der Waals surface area (Å²) in [6, 6.07) is 1.45. The van der Waals surface area contributed by atoms with E-state index >= 15 is 0 Å². The summed E-state index contributed by atoms with van der Waals surface area (Å²) in [7, 11) is 0.474. The van der Waals surface area contributed by atoms with Crippen molar-refractivity contribution in [2.24, 2.45) is 0 Å². The highest BCUT2D eigenvalue weighted by atomic mass is 35.5. The van der Waals surface area contributed by atoms with Crippen LogP contribution in [-0.2, 0) is 4.74 Å². The van der Waals surface area contributed by atoms with Gasteiger partial charge < -0.3 is 4.74 Å². The van der Waals surface area contributed by atoms with Crippen LogP contribution in [0.3, 0.4) is 0 Å². The van der Waals surface area contributed by atoms with Crippen LogP contribution in [0.2, 0.25) is 0 Å². The molecular formula is C16H34Cl4N2OP2. The molecule has 0 saturated heterocycles. The Bertz CT molecular complexity index is 333. The van der Waals surface area contributed by atoms with Gasteiger partial charge in [0.2, 0.25) is 0 Å². The largest absolute Gasteiger partial charge is 0.374 e. The quantitative estimate of drug-likeness (QED) is 0.232. The average molecular weight is 474 g/mol. The molecule has 2 atom stereocenters. The van der Waals surface area contributed by atoms with E-state index in [4.69, 9.17) is 51.1 Å². The molecule has 0 fully saturated rings. The zero-order valence-corrected chi connectivity index (χ0v) is 21.6. The molecule has 0 aliphatic carbocycles. The molecule has 0 heterocycles. The molecule has 0 aromatic rings. The molecule has 152 valence electrons. The predicted molar refractivity (Wildman–Crippen MR) is 121 cm³/mol. The van der Waals surface area contributed by atoms with E-state index in [1.54, 1.807) is 0 Å². The average Bonchev–Trinajstić information content (AvgIpc) is 2.40. The minimum Gasteiger partial charge on any atom is -0.374 e. The fourth-order valence-electron chi connectivity index (χ4n) is 2.46. The minimum absolute atomic E-state index is 0.194. The summed E-state index contributed by atoms with van der Waals surface area (Å²) in [6.45, 7) is 17.4. The summed E-state index contributed by atoms with van der Waals surface area (Å²) in [5, 5.41) is 0. The highest BCUT2D eigenvalue weighted by Gasteiger charge is 2.34. The van der Waals surface area contributed by atoms with Crippen molar-refractivity contribution < 1.29 is 4.74 Å². The van der Waals surface area contributed by atoms with Gasteiger partial charge in [-0.2, -0.15) is 0 Å². The van der Waals surface area contributed by atoms with Gasteiger partial charge in [0.25, 0.3) is 0 Å². The lowest BCUT2D eigenvalue weighted by Gasteiger charge is -2.36. The second kappa shape index (κ2) is 11.8. The third kappa shape index (κ3) is 11.5. The molecule has 0 bridgehead atoms. The first-order valence-corrected chi connectivity index (χ1v) is 12.0. The van der Waals surface area contributed by atoms with Crippen molar-refractivity contribution in [1.82, 2.24) is 9.34 Å². The third-order valence-corrected chi connectivity index (χ3v) is 8.35. The van der Waals surface area contributed by atoms with Crippen molar-refractivity contribution in [3.05, 3.63) is 0 Å². The van der Waals surface area contributed by atoms with Crippen LogP contribution in [0.5, 0.6) is 0 Å². The zero-order valence-electron chi connectivity index (χ0n) is 16.5. The summed E-state index contributed by atoms with van der Waals surface area (Å²) in [6.07, 6.45) is 0. The molecule has 0 aliphatic rings. The Morgan fingerprint density at radius 2 is 0.880 bits per heavy atom. The fourth-order valence-corrected chi connectivity index (χ4v) is 6.06. The number of nitrogens with zero attached hydrogens (tertiary/aromatic N) is 2. The molecule has 0 aliphatic heterocycles. The first-order valence-electron chi connectivity index (χ1n) is 8.64. The van der Waals surface area contributed by atoms with Gasteiger partial charge in [0.15, 0.2) is 8.15 Å². The third-order valence-electron chi connectivity index (χ3n) is 3.38. The van der Waals surface area contributed by atoms with Crippen LogP contribution in [0, 0.1) is 0 Å². The van der Waals surface area contributed by atoms with Gasteiger partial charge in [0.05, 0.1) is 13.2 Å². The lowest BCUT2D eigenvalue weighted by atomic mass is 10.3. The van der Waals surface area contributed by atoms with E-state index in [9.17, 15) is 0 Å². The zero-order chi connectivity index (χ0) is 20.0. The number of hydrogen-bond donors (Lipinski definition) is 0. The molecule has 0 radical (unpaired) electrons. The Kier molecular flexibility index (Phi) is 12.7. The van der Waals surface area contributed by atoms with Crippen molar-refractivity contribution in [3.63, 3.8) is 0 Å². The Morgan fingerprint density at radius 1 is 0.640 bits per heavy atom. The first kappa shape index (κ1) is 26.9. The van der Waals surface area contributed by atoms with Crippen molar-refractivity contribution in [3.8, 4) is 0 Å². The van der Waals surface area contributed by atoms with Crippen LogP contribution >= 0.6 is 63.9 Å². The van der Waals surface area contributed by atoms with E-state index in [0.29, 0.717) is 24.2 Å². The number of halogens is 4. The fraction of sp³-hybridized carbons (Fsp3) is 1.00. The smallest absolute Gasteiger partial charge is 0.170 e. The molecule has 0 amide bonds. The summed E-state index contributed by atoms with van der Waals surface area (Å²) in [4.78, 5) is 0. The molecular weight excluding hydrogens is 440 g/mol. The van der Waals surface area contributed by atoms with Gasteiger partial charge in [0.1, 0.15) is 0 Å². The summed E-state index contributed by atoms with van der Waals surface area (Å²) in [5.41, 5.74) is 0. The molecule has 9 heteroatoms. The van der Waals surface area contributed by atoms with Crippen molar-refractivity contribution >= 4 is 63.9 Å². The molecule has 0 N–H and O–H groups in total. The maximum atomic E-state index is 6.47. The highest BCUT2D eigenvalue weighted by molar-refractivity contribution is 7.43. The van der Waals surface area contributed by atoms with Crippen molar-refractivity contribution in [2.75, 3.05) is 13.2 Å². The standard InChI is InChI=1S/C16H34Cl4N2OP2/c1-11(2)21(12(3)4)24-15(17,18)9-23-10-16(19,20)25-22(13(5)6)14(7)8/h11-14,24-25H,9-10H2,1-8H3. The molecule has 2 unspecified atom stereocenters. The van der Waals surface area contributed by atoms with Gasteiger partial charge in [-0.3, -0.25) is 9.34 Å². The van der Waals surface area contributed by atoms with E-state index in [-0.39, 0.29) is 30.7 Å². The number of rotatable bonds is 12. The van der Waals surface area contributed by atoms with Crippen LogP contribution in [0.1, 0.15) is 55.4 Å². The van der Waals surface area contributed by atoms with Crippen LogP contribution in [0.4, 0.5) is 0 Å². The first-order chi connectivity index (χ1) is 11.2. The van der Waals surface area contributed by atoms with E-state index in [1.165, 1.54) is 0 Å². The van der Waals surface area contributed by atoms with Crippen molar-refractivity contribution in [1.29, 1.82) is 0 Å². The lowest BCUT2D eigenvalue weighted by molar-refractivity contribution is 0.142. The van der Waals surface area contributed by atoms with Crippen LogP contribution in [0.25, 0.3) is 0 Å². The molecule has 0 aromatic heterocycles. The maximum absolute atomic E-state index is 6.47. The highest BCUT2D eigenvalue weighted by Crippen LogP contribution is 2.47. The van der Waals surface area contributed by atoms with E-state index in [0.717, 1.165) is 0 Å². The summed E-state index contributed by atoms with van der Waals surface area (Å²) >= 11 is 25.9. The Labute approximate surface area is 178 Å². The van der Waals surface area contributed by atoms with Crippen LogP contribution < -0.4 is 0 Å². The predicted octanol–water partition coefficient (Wildman–Crippen LogP) is 6.69. The number of hydrogen-bond acceptors (Lipinski definition) is 3. The van der Waals surface area contributed by atoms with Gasteiger partial charge in [-0.25, -0.2) is 0 Å². The van der Waals surface area contributed by atoms with E-state index < -0.39 is 8.15 Å². The van der Waals surface area contributed by atoms with Gasteiger partial charge in [-0.15, -0.1) is 0 Å². The van der Waals surface area contributed by atoms with Gasteiger partial charge in [-0.1, -0.05) is 46.4 Å². The lowest BCUT2D eigenvalue weighted by Crippen LogP contribution is -2.35. The SMILES string of the molecule is CC(C)N(PC(Cl)(Cl)COCC(Cl)(Cl)PN(C(C)C)C(C)C)C(C)C. The van der Waals surface area contributed by atoms with E-state index in [2.05, 4.69) is 64.7 Å². The maximum Gasteiger partial charge on any atom is 0.170 e. The van der Waals surface area contributed by atoms with Crippen molar-refractivity contribution in [2.45, 2.75) is 87.7 Å². The molecule has 25 heavy (non-hydrogen) atoms. The van der Waals surface area contributed by atoms with E-state index in [1.807, 2.05) is 0 Å². The number of ether oxygens (including phenoxy) is 1.